The summed E-state index contributed by atoms with van der Waals surface area (Å²) in [6, 6.07) is 12.2. The minimum absolute atomic E-state index is 0.0908. The van der Waals surface area contributed by atoms with Crippen molar-refractivity contribution in [2.24, 2.45) is 0 Å². The quantitative estimate of drug-likeness (QED) is 0.904. The number of nitrogens with one attached hydrogen (secondary N) is 2. The molecule has 0 heterocycles. The maximum absolute atomic E-state index is 13.0. The number of benzene rings is 2. The summed E-state index contributed by atoms with van der Waals surface area (Å²) in [6.07, 6.45) is 0.391. The molecule has 2 amide bonds. The largest absolute Gasteiger partial charge is 0.326 e. The van der Waals surface area contributed by atoms with Gasteiger partial charge in [0, 0.05) is 23.4 Å². The second-order valence-corrected chi connectivity index (χ2v) is 4.44. The third-order valence-electron chi connectivity index (χ3n) is 2.83. The van der Waals surface area contributed by atoms with E-state index in [9.17, 15) is 14.0 Å². The topological polar surface area (TPSA) is 58.2 Å². The van der Waals surface area contributed by atoms with Gasteiger partial charge in [0.1, 0.15) is 5.82 Å². The van der Waals surface area contributed by atoms with Gasteiger partial charge in [-0.05, 0) is 42.5 Å². The third-order valence-corrected chi connectivity index (χ3v) is 2.83. The average molecular weight is 286 g/mol. The fourth-order valence-corrected chi connectivity index (χ4v) is 1.72. The van der Waals surface area contributed by atoms with Gasteiger partial charge in [-0.2, -0.15) is 0 Å². The summed E-state index contributed by atoms with van der Waals surface area (Å²) >= 11 is 0. The van der Waals surface area contributed by atoms with Gasteiger partial charge in [-0.3, -0.25) is 9.59 Å². The average Bonchev–Trinajstić information content (AvgIpc) is 2.47. The van der Waals surface area contributed by atoms with E-state index in [0.29, 0.717) is 23.4 Å². The van der Waals surface area contributed by atoms with Crippen LogP contribution in [0.25, 0.3) is 0 Å². The molecule has 2 rings (SSSR count). The van der Waals surface area contributed by atoms with Gasteiger partial charge < -0.3 is 10.6 Å². The van der Waals surface area contributed by atoms with Crippen LogP contribution in [-0.4, -0.2) is 11.8 Å². The predicted molar refractivity (Wildman–Crippen MR) is 79.7 cm³/mol. The maximum Gasteiger partial charge on any atom is 0.255 e. The van der Waals surface area contributed by atoms with Crippen LogP contribution in [0.5, 0.6) is 0 Å². The molecule has 0 aliphatic carbocycles. The molecule has 0 saturated carbocycles. The van der Waals surface area contributed by atoms with Gasteiger partial charge in [0.25, 0.3) is 5.91 Å². The summed E-state index contributed by atoms with van der Waals surface area (Å²) in [4.78, 5) is 23.2. The summed E-state index contributed by atoms with van der Waals surface area (Å²) < 4.78 is 13.0. The highest BCUT2D eigenvalue weighted by Gasteiger charge is 2.07. The van der Waals surface area contributed by atoms with E-state index in [1.807, 2.05) is 0 Å². The number of amides is 2. The Kier molecular flexibility index (Phi) is 4.66. The van der Waals surface area contributed by atoms with Crippen LogP contribution in [0.4, 0.5) is 15.8 Å². The van der Waals surface area contributed by atoms with Gasteiger partial charge in [-0.1, -0.05) is 13.0 Å². The van der Waals surface area contributed by atoms with E-state index >= 15 is 0 Å². The third kappa shape index (κ3) is 4.14. The lowest BCUT2D eigenvalue weighted by molar-refractivity contribution is -0.115. The molecule has 0 spiro atoms. The first kappa shape index (κ1) is 14.7. The molecule has 2 N–H and O–H groups in total. The van der Waals surface area contributed by atoms with Crippen molar-refractivity contribution in [1.82, 2.24) is 0 Å². The van der Waals surface area contributed by atoms with E-state index < -0.39 is 5.82 Å². The molecule has 0 radical (unpaired) electrons. The van der Waals surface area contributed by atoms with Crippen LogP contribution in [0.15, 0.2) is 48.5 Å². The van der Waals surface area contributed by atoms with E-state index in [0.717, 1.165) is 0 Å². The number of hydrogen-bond donors (Lipinski definition) is 2. The minimum atomic E-state index is -0.412. The molecule has 2 aromatic rings. The summed E-state index contributed by atoms with van der Waals surface area (Å²) in [5.74, 6) is -0.841. The summed E-state index contributed by atoms with van der Waals surface area (Å²) in [5, 5.41) is 5.30. The number of carbonyl (C=O) groups is 2. The molecule has 0 aliphatic heterocycles. The number of carbonyl (C=O) groups excluding carboxylic acids is 2. The Morgan fingerprint density at radius 1 is 1.00 bits per heavy atom. The van der Waals surface area contributed by atoms with Crippen LogP contribution in [0.2, 0.25) is 0 Å². The van der Waals surface area contributed by atoms with Gasteiger partial charge in [0.2, 0.25) is 5.91 Å². The molecule has 0 aromatic heterocycles. The molecule has 5 heteroatoms. The zero-order valence-electron chi connectivity index (χ0n) is 11.5. The van der Waals surface area contributed by atoms with Crippen LogP contribution >= 0.6 is 0 Å². The second-order valence-electron chi connectivity index (χ2n) is 4.44. The molecule has 108 valence electrons. The summed E-state index contributed by atoms with van der Waals surface area (Å²) in [6.45, 7) is 1.76. The van der Waals surface area contributed by atoms with Gasteiger partial charge in [-0.25, -0.2) is 4.39 Å². The smallest absolute Gasteiger partial charge is 0.255 e. The first-order valence-electron chi connectivity index (χ1n) is 6.55. The first-order valence-corrected chi connectivity index (χ1v) is 6.55. The van der Waals surface area contributed by atoms with E-state index in [2.05, 4.69) is 10.6 Å². The van der Waals surface area contributed by atoms with Crippen molar-refractivity contribution in [2.45, 2.75) is 13.3 Å². The fraction of sp³-hybridized carbons (Fsp3) is 0.125. The molecule has 2 aromatic carbocycles. The predicted octanol–water partition coefficient (Wildman–Crippen LogP) is 3.43. The Morgan fingerprint density at radius 3 is 2.33 bits per heavy atom. The number of anilines is 2. The number of halogens is 1. The van der Waals surface area contributed by atoms with Crippen LogP contribution in [-0.2, 0) is 4.79 Å². The highest BCUT2D eigenvalue weighted by atomic mass is 19.1. The molecular formula is C16H15FN2O2. The maximum atomic E-state index is 13.0. The highest BCUT2D eigenvalue weighted by Crippen LogP contribution is 2.13. The van der Waals surface area contributed by atoms with Crippen molar-refractivity contribution in [2.75, 3.05) is 10.6 Å². The zero-order chi connectivity index (χ0) is 15.2. The molecular weight excluding hydrogens is 271 g/mol. The number of hydrogen-bond acceptors (Lipinski definition) is 2. The Labute approximate surface area is 122 Å². The van der Waals surface area contributed by atoms with Gasteiger partial charge >= 0.3 is 0 Å². The molecule has 0 fully saturated rings. The van der Waals surface area contributed by atoms with Gasteiger partial charge in [0.15, 0.2) is 0 Å². The van der Waals surface area contributed by atoms with Gasteiger partial charge in [0.05, 0.1) is 0 Å². The first-order chi connectivity index (χ1) is 10.1. The van der Waals surface area contributed by atoms with Crippen molar-refractivity contribution in [3.8, 4) is 0 Å². The zero-order valence-corrected chi connectivity index (χ0v) is 11.5. The van der Waals surface area contributed by atoms with E-state index in [1.54, 1.807) is 37.3 Å². The van der Waals surface area contributed by atoms with Crippen molar-refractivity contribution in [3.63, 3.8) is 0 Å². The Hall–Kier alpha value is -2.69. The Bertz CT molecular complexity index is 654. The lowest BCUT2D eigenvalue weighted by Gasteiger charge is -2.07. The van der Waals surface area contributed by atoms with Crippen LogP contribution in [0, 0.1) is 5.82 Å². The van der Waals surface area contributed by atoms with Crippen LogP contribution in [0.1, 0.15) is 23.7 Å². The molecule has 0 bridgehead atoms. The molecule has 0 saturated heterocycles. The molecule has 0 unspecified atom stereocenters. The van der Waals surface area contributed by atoms with Crippen molar-refractivity contribution in [3.05, 3.63) is 59.9 Å². The lowest BCUT2D eigenvalue weighted by Crippen LogP contribution is -2.13. The van der Waals surface area contributed by atoms with Gasteiger partial charge in [-0.15, -0.1) is 0 Å². The molecule has 0 atom stereocenters. The van der Waals surface area contributed by atoms with Crippen LogP contribution < -0.4 is 10.6 Å². The fourth-order valence-electron chi connectivity index (χ4n) is 1.72. The monoisotopic (exact) mass is 286 g/mol. The molecule has 21 heavy (non-hydrogen) atoms. The Morgan fingerprint density at radius 2 is 1.71 bits per heavy atom. The molecule has 4 nitrogen and oxygen atoms in total. The lowest BCUT2D eigenvalue weighted by atomic mass is 10.2. The van der Waals surface area contributed by atoms with E-state index in [1.165, 1.54) is 18.2 Å². The van der Waals surface area contributed by atoms with Crippen molar-refractivity contribution >= 4 is 23.2 Å². The standard InChI is InChI=1S/C16H15FN2O2/c1-2-15(20)18-13-8-6-11(7-9-13)16(21)19-14-5-3-4-12(17)10-14/h3-10H,2H2,1H3,(H,18,20)(H,19,21). The Balaban J connectivity index is 2.04. The summed E-state index contributed by atoms with van der Waals surface area (Å²) in [7, 11) is 0. The normalized spacial score (nSPS) is 10.0. The van der Waals surface area contributed by atoms with Crippen molar-refractivity contribution in [1.29, 1.82) is 0 Å². The highest BCUT2D eigenvalue weighted by molar-refractivity contribution is 6.04. The van der Waals surface area contributed by atoms with E-state index in [4.69, 9.17) is 0 Å². The second kappa shape index (κ2) is 6.65. The molecule has 0 aliphatic rings. The summed E-state index contributed by atoms with van der Waals surface area (Å²) in [5.41, 5.74) is 1.45. The van der Waals surface area contributed by atoms with Crippen LogP contribution in [0.3, 0.4) is 0 Å². The van der Waals surface area contributed by atoms with Crippen molar-refractivity contribution < 1.29 is 14.0 Å². The number of rotatable bonds is 4. The minimum Gasteiger partial charge on any atom is -0.326 e. The SMILES string of the molecule is CCC(=O)Nc1ccc(C(=O)Nc2cccc(F)c2)cc1. The van der Waals surface area contributed by atoms with E-state index in [-0.39, 0.29) is 11.8 Å².